The molecule has 0 atom stereocenters. The minimum Gasteiger partial charge on any atom is -0.355 e. The fourth-order valence-electron chi connectivity index (χ4n) is 3.88. The third kappa shape index (κ3) is 5.16. The number of hydrogen-bond acceptors (Lipinski definition) is 7. The highest BCUT2D eigenvalue weighted by Crippen LogP contribution is 2.27. The van der Waals surface area contributed by atoms with E-state index in [-0.39, 0.29) is 23.7 Å². The first-order chi connectivity index (χ1) is 16.0. The molecule has 1 aliphatic heterocycles. The van der Waals surface area contributed by atoms with Crippen LogP contribution < -0.4 is 20.4 Å². The summed E-state index contributed by atoms with van der Waals surface area (Å²) in [5.74, 6) is 1.09. The van der Waals surface area contributed by atoms with Crippen LogP contribution in [0.4, 0.5) is 23.1 Å². The number of nitrogens with zero attached hydrogens (tertiary/aromatic N) is 5. The summed E-state index contributed by atoms with van der Waals surface area (Å²) in [5, 5.41) is 6.19. The summed E-state index contributed by atoms with van der Waals surface area (Å²) in [6.45, 7) is 3.32. The molecule has 2 aromatic heterocycles. The highest BCUT2D eigenvalue weighted by atomic mass is 35.5. The standard InChI is InChI=1S/C22H27ClN8O2/c1-3-18(33)30(2)16-6-4-14(5-7-16)27-22-28-20-19(24-13-25-20)21(29-22)31-10-8-15(9-11-31)26-17(32)12-23/h4-7,13,15H,3,8-12H2,1-2H3,(H,26,32)(H2,24,25,27,28,29). The molecule has 0 radical (unpaired) electrons. The zero-order valence-corrected chi connectivity index (χ0v) is 19.4. The fraction of sp³-hybridized carbons (Fsp3) is 0.409. The van der Waals surface area contributed by atoms with Crippen molar-refractivity contribution in [3.63, 3.8) is 0 Å². The van der Waals surface area contributed by atoms with E-state index in [0.29, 0.717) is 18.0 Å². The Labute approximate surface area is 196 Å². The lowest BCUT2D eigenvalue weighted by atomic mass is 10.1. The van der Waals surface area contributed by atoms with Gasteiger partial charge < -0.3 is 25.4 Å². The van der Waals surface area contributed by atoms with Crippen LogP contribution in [0.5, 0.6) is 0 Å². The van der Waals surface area contributed by atoms with Gasteiger partial charge in [0.2, 0.25) is 17.8 Å². The van der Waals surface area contributed by atoms with Gasteiger partial charge in [0, 0.05) is 44.0 Å². The van der Waals surface area contributed by atoms with Gasteiger partial charge in [-0.2, -0.15) is 9.97 Å². The number of H-pyrrole nitrogens is 1. The summed E-state index contributed by atoms with van der Waals surface area (Å²) in [6.07, 6.45) is 3.66. The van der Waals surface area contributed by atoms with Crippen LogP contribution in [-0.4, -0.2) is 63.8 Å². The molecule has 4 rings (SSSR count). The number of carbonyl (C=O) groups excluding carboxylic acids is 2. The number of alkyl halides is 1. The zero-order chi connectivity index (χ0) is 23.4. The number of carbonyl (C=O) groups is 2. The van der Waals surface area contributed by atoms with Crippen LogP contribution in [0.1, 0.15) is 26.2 Å². The Morgan fingerprint density at radius 1 is 1.21 bits per heavy atom. The van der Waals surface area contributed by atoms with Crippen molar-refractivity contribution in [2.75, 3.05) is 41.1 Å². The van der Waals surface area contributed by atoms with Crippen molar-refractivity contribution in [3.8, 4) is 0 Å². The van der Waals surface area contributed by atoms with Crippen LogP contribution in [0.2, 0.25) is 0 Å². The van der Waals surface area contributed by atoms with Gasteiger partial charge in [0.15, 0.2) is 11.5 Å². The minimum absolute atomic E-state index is 0.0257. The highest BCUT2D eigenvalue weighted by molar-refractivity contribution is 6.27. The van der Waals surface area contributed by atoms with Crippen molar-refractivity contribution >= 4 is 57.7 Å². The van der Waals surface area contributed by atoms with Gasteiger partial charge in [0.1, 0.15) is 11.4 Å². The molecule has 33 heavy (non-hydrogen) atoms. The predicted octanol–water partition coefficient (Wildman–Crippen LogP) is 2.79. The second kappa shape index (κ2) is 10.0. The predicted molar refractivity (Wildman–Crippen MR) is 129 cm³/mol. The first-order valence-corrected chi connectivity index (χ1v) is 11.5. The molecule has 3 N–H and O–H groups in total. The molecule has 0 spiro atoms. The molecule has 0 bridgehead atoms. The number of halogens is 1. The van der Waals surface area contributed by atoms with Crippen LogP contribution in [0, 0.1) is 0 Å². The Morgan fingerprint density at radius 2 is 1.94 bits per heavy atom. The molecule has 0 unspecified atom stereocenters. The maximum atomic E-state index is 11.9. The van der Waals surface area contributed by atoms with Crippen molar-refractivity contribution in [2.45, 2.75) is 32.2 Å². The van der Waals surface area contributed by atoms with Crippen molar-refractivity contribution in [1.29, 1.82) is 0 Å². The molecule has 1 fully saturated rings. The van der Waals surface area contributed by atoms with E-state index in [1.165, 1.54) is 0 Å². The Bertz CT molecular complexity index is 1130. The van der Waals surface area contributed by atoms with E-state index in [1.807, 2.05) is 31.2 Å². The van der Waals surface area contributed by atoms with Gasteiger partial charge in [-0.3, -0.25) is 9.59 Å². The van der Waals surface area contributed by atoms with Crippen molar-refractivity contribution in [1.82, 2.24) is 25.3 Å². The monoisotopic (exact) mass is 470 g/mol. The molecule has 174 valence electrons. The van der Waals surface area contributed by atoms with Crippen molar-refractivity contribution in [3.05, 3.63) is 30.6 Å². The zero-order valence-electron chi connectivity index (χ0n) is 18.6. The highest BCUT2D eigenvalue weighted by Gasteiger charge is 2.24. The van der Waals surface area contributed by atoms with Gasteiger partial charge in [0.05, 0.1) is 6.33 Å². The molecule has 0 aliphatic carbocycles. The van der Waals surface area contributed by atoms with E-state index in [4.69, 9.17) is 16.6 Å². The number of benzene rings is 1. The Balaban J connectivity index is 1.50. The van der Waals surface area contributed by atoms with E-state index < -0.39 is 0 Å². The molecular formula is C22H27ClN8O2. The van der Waals surface area contributed by atoms with Crippen LogP contribution in [-0.2, 0) is 9.59 Å². The molecule has 3 aromatic rings. The van der Waals surface area contributed by atoms with E-state index >= 15 is 0 Å². The normalized spacial score (nSPS) is 14.3. The van der Waals surface area contributed by atoms with Gasteiger partial charge >= 0.3 is 0 Å². The fourth-order valence-corrected chi connectivity index (χ4v) is 3.96. The number of fused-ring (bicyclic) bond motifs is 1. The number of piperidine rings is 1. The lowest BCUT2D eigenvalue weighted by Crippen LogP contribution is -2.45. The summed E-state index contributed by atoms with van der Waals surface area (Å²) < 4.78 is 0. The van der Waals surface area contributed by atoms with Crippen LogP contribution in [0.3, 0.4) is 0 Å². The van der Waals surface area contributed by atoms with Gasteiger partial charge in [0.25, 0.3) is 0 Å². The molecule has 1 aliphatic rings. The summed E-state index contributed by atoms with van der Waals surface area (Å²) in [5.41, 5.74) is 2.98. The Hall–Kier alpha value is -3.40. The Morgan fingerprint density at radius 3 is 2.61 bits per heavy atom. The largest absolute Gasteiger partial charge is 0.355 e. The molecule has 11 heteroatoms. The number of amides is 2. The molecule has 2 amide bonds. The molecule has 10 nitrogen and oxygen atoms in total. The van der Waals surface area contributed by atoms with Crippen LogP contribution >= 0.6 is 11.6 Å². The van der Waals surface area contributed by atoms with Crippen LogP contribution in [0.25, 0.3) is 11.2 Å². The summed E-state index contributed by atoms with van der Waals surface area (Å²) >= 11 is 5.60. The molecule has 3 heterocycles. The average Bonchev–Trinajstić information content (AvgIpc) is 3.32. The second-order valence-electron chi connectivity index (χ2n) is 7.91. The third-order valence-electron chi connectivity index (χ3n) is 5.73. The second-order valence-corrected chi connectivity index (χ2v) is 8.18. The lowest BCUT2D eigenvalue weighted by Gasteiger charge is -2.33. The first kappa shape index (κ1) is 22.8. The molecule has 0 saturated carbocycles. The summed E-state index contributed by atoms with van der Waals surface area (Å²) in [4.78, 5) is 44.0. The number of nitrogens with one attached hydrogen (secondary N) is 3. The molecule has 1 saturated heterocycles. The number of imidazole rings is 1. The molecule has 1 aromatic carbocycles. The quantitative estimate of drug-likeness (QED) is 0.454. The van der Waals surface area contributed by atoms with E-state index in [9.17, 15) is 9.59 Å². The maximum absolute atomic E-state index is 11.9. The van der Waals surface area contributed by atoms with Gasteiger partial charge in [-0.1, -0.05) is 6.92 Å². The van der Waals surface area contributed by atoms with Crippen LogP contribution in [0.15, 0.2) is 30.6 Å². The minimum atomic E-state index is -0.143. The SMILES string of the molecule is CCC(=O)N(C)c1ccc(Nc2nc(N3CCC(NC(=O)CCl)CC3)c3[nH]cnc3n2)cc1. The average molecular weight is 471 g/mol. The lowest BCUT2D eigenvalue weighted by molar-refractivity contribution is -0.119. The first-order valence-electron chi connectivity index (χ1n) is 10.9. The molecular weight excluding hydrogens is 444 g/mol. The van der Waals surface area contributed by atoms with Gasteiger partial charge in [-0.25, -0.2) is 4.98 Å². The van der Waals surface area contributed by atoms with Crippen molar-refractivity contribution in [2.24, 2.45) is 0 Å². The number of hydrogen-bond donors (Lipinski definition) is 3. The number of aromatic amines is 1. The van der Waals surface area contributed by atoms with E-state index in [1.54, 1.807) is 18.3 Å². The summed E-state index contributed by atoms with van der Waals surface area (Å²) in [7, 11) is 1.76. The van der Waals surface area contributed by atoms with Gasteiger partial charge in [-0.05, 0) is 37.1 Å². The van der Waals surface area contributed by atoms with E-state index in [0.717, 1.165) is 48.6 Å². The van der Waals surface area contributed by atoms with E-state index in [2.05, 4.69) is 30.5 Å². The topological polar surface area (TPSA) is 119 Å². The number of rotatable bonds is 7. The number of aromatic nitrogens is 4. The smallest absolute Gasteiger partial charge is 0.235 e. The number of anilines is 4. The summed E-state index contributed by atoms with van der Waals surface area (Å²) in [6, 6.07) is 7.64. The maximum Gasteiger partial charge on any atom is 0.235 e. The third-order valence-corrected chi connectivity index (χ3v) is 5.98. The Kier molecular flexibility index (Phi) is 6.93. The van der Waals surface area contributed by atoms with Crippen molar-refractivity contribution < 1.29 is 9.59 Å². The van der Waals surface area contributed by atoms with Gasteiger partial charge in [-0.15, -0.1) is 11.6 Å².